The molecule has 0 unspecified atom stereocenters. The van der Waals surface area contributed by atoms with Gasteiger partial charge in [-0.1, -0.05) is 0 Å². The Morgan fingerprint density at radius 2 is 1.68 bits per heavy atom. The second-order valence-corrected chi connectivity index (χ2v) is 7.92. The lowest BCUT2D eigenvalue weighted by atomic mass is 10.1. The van der Waals surface area contributed by atoms with Crippen LogP contribution >= 0.6 is 0 Å². The van der Waals surface area contributed by atoms with Crippen molar-refractivity contribution in [2.75, 3.05) is 24.5 Å². The van der Waals surface area contributed by atoms with Crippen LogP contribution in [0.5, 0.6) is 0 Å². The fraction of sp³-hybridized carbons (Fsp3) is 0.208. The first kappa shape index (κ1) is 18.1. The molecule has 0 amide bonds. The predicted octanol–water partition coefficient (Wildman–Crippen LogP) is 4.35. The Hall–Kier alpha value is -3.74. The number of halogens is 1. The van der Waals surface area contributed by atoms with Crippen LogP contribution in [0, 0.1) is 5.82 Å². The molecule has 1 fully saturated rings. The van der Waals surface area contributed by atoms with Crippen molar-refractivity contribution >= 4 is 11.5 Å². The van der Waals surface area contributed by atoms with Crippen LogP contribution in [0.4, 0.5) is 10.2 Å². The van der Waals surface area contributed by atoms with Gasteiger partial charge in [-0.3, -0.25) is 4.98 Å². The highest BCUT2D eigenvalue weighted by Crippen LogP contribution is 2.33. The molecule has 7 heteroatoms. The minimum Gasteiger partial charge on any atom is -0.372 e. The van der Waals surface area contributed by atoms with E-state index >= 15 is 0 Å². The number of hydrogen-bond acceptors (Lipinski definition) is 5. The Morgan fingerprint density at radius 1 is 0.839 bits per heavy atom. The van der Waals surface area contributed by atoms with Gasteiger partial charge in [-0.25, -0.2) is 13.9 Å². The molecule has 4 aromatic rings. The summed E-state index contributed by atoms with van der Waals surface area (Å²) in [4.78, 5) is 13.7. The molecule has 154 valence electrons. The van der Waals surface area contributed by atoms with Crippen LogP contribution in [0.1, 0.15) is 12.8 Å². The average Bonchev–Trinajstić information content (AvgIpc) is 3.43. The van der Waals surface area contributed by atoms with E-state index in [1.165, 1.54) is 24.3 Å². The van der Waals surface area contributed by atoms with Crippen molar-refractivity contribution in [2.45, 2.75) is 12.8 Å². The third kappa shape index (κ3) is 3.13. The smallest absolute Gasteiger partial charge is 0.155 e. The van der Waals surface area contributed by atoms with Gasteiger partial charge >= 0.3 is 0 Å². The average molecular weight is 412 g/mol. The molecule has 5 heterocycles. The number of hydrogen-bond donors (Lipinski definition) is 0. The van der Waals surface area contributed by atoms with Crippen LogP contribution in [0.3, 0.4) is 0 Å². The van der Waals surface area contributed by atoms with Gasteiger partial charge in [0.25, 0.3) is 0 Å². The van der Waals surface area contributed by atoms with E-state index in [1.807, 2.05) is 28.8 Å². The van der Waals surface area contributed by atoms with Crippen molar-refractivity contribution in [1.82, 2.24) is 24.5 Å². The van der Waals surface area contributed by atoms with Crippen LogP contribution < -0.4 is 4.90 Å². The van der Waals surface area contributed by atoms with E-state index in [-0.39, 0.29) is 5.82 Å². The molecule has 1 saturated heterocycles. The zero-order chi connectivity index (χ0) is 20.8. The lowest BCUT2D eigenvalue weighted by Gasteiger charge is -2.31. The van der Waals surface area contributed by atoms with Gasteiger partial charge in [0, 0.05) is 55.1 Å². The van der Waals surface area contributed by atoms with Crippen molar-refractivity contribution in [3.8, 4) is 22.5 Å². The van der Waals surface area contributed by atoms with Crippen LogP contribution in [-0.2, 0) is 0 Å². The van der Waals surface area contributed by atoms with Crippen molar-refractivity contribution < 1.29 is 4.39 Å². The number of pyridine rings is 1. The number of anilines is 1. The Kier molecular flexibility index (Phi) is 4.19. The highest BCUT2D eigenvalue weighted by molar-refractivity contribution is 5.81. The van der Waals surface area contributed by atoms with Crippen LogP contribution in [0.2, 0.25) is 0 Å². The molecule has 0 aliphatic carbocycles. The SMILES string of the molecule is Fc1ccc(-c2nc3ccc(N4C=C5CCCN5CC4)nn3c2-c2ccncc2)cc1. The number of nitrogens with zero attached hydrogens (tertiary/aromatic N) is 6. The molecule has 0 saturated carbocycles. The molecule has 6 rings (SSSR count). The lowest BCUT2D eigenvalue weighted by Crippen LogP contribution is -2.36. The topological polar surface area (TPSA) is 49.6 Å². The summed E-state index contributed by atoms with van der Waals surface area (Å²) in [6, 6.07) is 14.4. The van der Waals surface area contributed by atoms with Gasteiger partial charge in [-0.2, -0.15) is 0 Å². The molecular formula is C24H21FN6. The van der Waals surface area contributed by atoms with Crippen molar-refractivity contribution in [2.24, 2.45) is 0 Å². The lowest BCUT2D eigenvalue weighted by molar-refractivity contribution is 0.384. The molecule has 2 aliphatic rings. The Labute approximate surface area is 179 Å². The minimum atomic E-state index is -0.266. The molecule has 0 radical (unpaired) electrons. The zero-order valence-electron chi connectivity index (χ0n) is 16.9. The second kappa shape index (κ2) is 7.19. The van der Waals surface area contributed by atoms with E-state index in [0.29, 0.717) is 0 Å². The summed E-state index contributed by atoms with van der Waals surface area (Å²) in [6.45, 7) is 3.08. The first-order valence-electron chi connectivity index (χ1n) is 10.5. The normalized spacial score (nSPS) is 16.0. The molecule has 31 heavy (non-hydrogen) atoms. The van der Waals surface area contributed by atoms with E-state index in [1.54, 1.807) is 24.5 Å². The highest BCUT2D eigenvalue weighted by atomic mass is 19.1. The fourth-order valence-electron chi connectivity index (χ4n) is 4.46. The third-order valence-electron chi connectivity index (χ3n) is 6.01. The van der Waals surface area contributed by atoms with Gasteiger partial charge in [0.1, 0.15) is 11.5 Å². The van der Waals surface area contributed by atoms with E-state index in [9.17, 15) is 4.39 Å². The quantitative estimate of drug-likeness (QED) is 0.501. The maximum Gasteiger partial charge on any atom is 0.155 e. The summed E-state index contributed by atoms with van der Waals surface area (Å²) in [6.07, 6.45) is 8.10. The minimum absolute atomic E-state index is 0.266. The largest absolute Gasteiger partial charge is 0.372 e. The Balaban J connectivity index is 1.52. The molecule has 6 nitrogen and oxygen atoms in total. The molecular weight excluding hydrogens is 391 g/mol. The summed E-state index contributed by atoms with van der Waals surface area (Å²) in [5.74, 6) is 0.627. The molecule has 3 aromatic heterocycles. The van der Waals surface area contributed by atoms with Gasteiger partial charge in [-0.15, -0.1) is 5.10 Å². The van der Waals surface area contributed by atoms with E-state index < -0.39 is 0 Å². The summed E-state index contributed by atoms with van der Waals surface area (Å²) >= 11 is 0. The molecule has 1 aromatic carbocycles. The van der Waals surface area contributed by atoms with Crippen LogP contribution in [0.15, 0.2) is 72.8 Å². The van der Waals surface area contributed by atoms with E-state index in [4.69, 9.17) is 10.1 Å². The first-order chi connectivity index (χ1) is 15.3. The number of imidazole rings is 1. The predicted molar refractivity (Wildman–Crippen MR) is 118 cm³/mol. The van der Waals surface area contributed by atoms with Gasteiger partial charge in [0.2, 0.25) is 0 Å². The van der Waals surface area contributed by atoms with Crippen LogP contribution in [-0.4, -0.2) is 44.1 Å². The number of rotatable bonds is 3. The number of benzene rings is 1. The van der Waals surface area contributed by atoms with Crippen LogP contribution in [0.25, 0.3) is 28.2 Å². The summed E-state index contributed by atoms with van der Waals surface area (Å²) in [5, 5.41) is 4.98. The maximum atomic E-state index is 13.5. The van der Waals surface area contributed by atoms with Crippen molar-refractivity contribution in [3.63, 3.8) is 0 Å². The van der Waals surface area contributed by atoms with Gasteiger partial charge < -0.3 is 9.80 Å². The highest BCUT2D eigenvalue weighted by Gasteiger charge is 2.24. The molecule has 0 N–H and O–H groups in total. The second-order valence-electron chi connectivity index (χ2n) is 7.92. The number of allylic oxidation sites excluding steroid dienone is 1. The third-order valence-corrected chi connectivity index (χ3v) is 6.01. The molecule has 0 bridgehead atoms. The number of aromatic nitrogens is 4. The van der Waals surface area contributed by atoms with Crippen molar-refractivity contribution in [3.05, 3.63) is 78.6 Å². The standard InChI is InChI=1S/C24H21FN6/c25-19-5-3-17(4-6-19)23-24(18-9-11-26-12-10-18)31-21(27-23)7-8-22(28-31)30-15-14-29-13-1-2-20(29)16-30/h3-12,16H,1-2,13-15H2. The van der Waals surface area contributed by atoms with Gasteiger partial charge in [-0.05, 0) is 61.4 Å². The number of fused-ring (bicyclic) bond motifs is 2. The Bertz CT molecular complexity index is 1280. The summed E-state index contributed by atoms with van der Waals surface area (Å²) in [5.41, 5.74) is 5.60. The molecule has 0 atom stereocenters. The first-order valence-corrected chi connectivity index (χ1v) is 10.5. The zero-order valence-corrected chi connectivity index (χ0v) is 16.9. The van der Waals surface area contributed by atoms with Gasteiger partial charge in [0.05, 0.1) is 5.69 Å². The van der Waals surface area contributed by atoms with Crippen molar-refractivity contribution in [1.29, 1.82) is 0 Å². The monoisotopic (exact) mass is 412 g/mol. The summed E-state index contributed by atoms with van der Waals surface area (Å²) < 4.78 is 15.4. The molecule has 2 aliphatic heterocycles. The fourth-order valence-corrected chi connectivity index (χ4v) is 4.46. The Morgan fingerprint density at radius 3 is 2.52 bits per heavy atom. The maximum absolute atomic E-state index is 13.5. The molecule has 0 spiro atoms. The van der Waals surface area contributed by atoms with E-state index in [0.717, 1.165) is 60.0 Å². The van der Waals surface area contributed by atoms with E-state index in [2.05, 4.69) is 21.0 Å². The summed E-state index contributed by atoms with van der Waals surface area (Å²) in [7, 11) is 0. The van der Waals surface area contributed by atoms with Gasteiger partial charge in [0.15, 0.2) is 11.5 Å².